The van der Waals surface area contributed by atoms with Crippen LogP contribution in [0.5, 0.6) is 0 Å². The van der Waals surface area contributed by atoms with Crippen LogP contribution >= 0.6 is 15.9 Å². The first-order valence-electron chi connectivity index (χ1n) is 8.85. The molecule has 0 aliphatic heterocycles. The second kappa shape index (κ2) is 8.40. The van der Waals surface area contributed by atoms with Crippen LogP contribution in [-0.4, -0.2) is 20.6 Å². The Morgan fingerprint density at radius 3 is 2.69 bits per heavy atom. The first kappa shape index (κ1) is 19.1. The predicted octanol–water partition coefficient (Wildman–Crippen LogP) is 4.42. The average Bonchev–Trinajstić information content (AvgIpc) is 3.37. The molecule has 1 amide bonds. The van der Waals surface area contributed by atoms with Gasteiger partial charge in [0.15, 0.2) is 0 Å². The summed E-state index contributed by atoms with van der Waals surface area (Å²) in [5.74, 6) is 0.162. The smallest absolute Gasteiger partial charge is 0.274 e. The zero-order valence-corrected chi connectivity index (χ0v) is 16.8. The van der Waals surface area contributed by atoms with Crippen LogP contribution in [0.2, 0.25) is 0 Å². The molecule has 146 valence electrons. The highest BCUT2D eigenvalue weighted by atomic mass is 79.9. The van der Waals surface area contributed by atoms with Crippen molar-refractivity contribution in [3.05, 3.63) is 82.7 Å². The lowest BCUT2D eigenvalue weighted by molar-refractivity contribution is -0.121. The van der Waals surface area contributed by atoms with E-state index in [0.717, 1.165) is 10.0 Å². The van der Waals surface area contributed by atoms with Crippen LogP contribution in [0.1, 0.15) is 5.56 Å². The van der Waals surface area contributed by atoms with Gasteiger partial charge in [-0.05, 0) is 48.0 Å². The molecule has 8 heteroatoms. The molecule has 0 bridgehead atoms. The molecule has 0 saturated heterocycles. The molecular weight excluding hydrogens is 439 g/mol. The van der Waals surface area contributed by atoms with Crippen molar-refractivity contribution in [2.24, 2.45) is 0 Å². The first-order chi connectivity index (χ1) is 14.1. The van der Waals surface area contributed by atoms with E-state index >= 15 is 0 Å². The zero-order chi connectivity index (χ0) is 20.2. The summed E-state index contributed by atoms with van der Waals surface area (Å²) in [5, 5.41) is 6.85. The van der Waals surface area contributed by atoms with E-state index in [1.807, 2.05) is 24.3 Å². The highest BCUT2D eigenvalue weighted by molar-refractivity contribution is 9.10. The van der Waals surface area contributed by atoms with Crippen molar-refractivity contribution < 1.29 is 13.7 Å². The Balaban J connectivity index is 1.45. The molecule has 2 heterocycles. The Hall–Kier alpha value is -3.26. The number of carbonyl (C=O) groups excluding carboxylic acids is 1. The van der Waals surface area contributed by atoms with Gasteiger partial charge < -0.3 is 14.4 Å². The third kappa shape index (κ3) is 4.43. The topological polar surface area (TPSA) is 73.0 Å². The standard InChI is InChI=1S/C21H16BrFN4O2/c22-17-5-2-1-4-15(17)12-24-19(28)13-27-11-3-6-18(27)21-25-20(26-29-21)14-7-9-16(23)10-8-14/h1-11H,12-13H2,(H,24,28). The summed E-state index contributed by atoms with van der Waals surface area (Å²) in [6.07, 6.45) is 1.77. The zero-order valence-electron chi connectivity index (χ0n) is 15.2. The van der Waals surface area contributed by atoms with Crippen LogP contribution in [0.15, 0.2) is 75.9 Å². The molecule has 2 aromatic carbocycles. The van der Waals surface area contributed by atoms with Gasteiger partial charge in [-0.3, -0.25) is 4.79 Å². The van der Waals surface area contributed by atoms with Crippen LogP contribution in [0.3, 0.4) is 0 Å². The second-order valence-corrected chi connectivity index (χ2v) is 7.17. The summed E-state index contributed by atoms with van der Waals surface area (Å²) in [4.78, 5) is 16.8. The Morgan fingerprint density at radius 1 is 1.10 bits per heavy atom. The molecule has 0 spiro atoms. The number of benzene rings is 2. The number of hydrogen-bond donors (Lipinski definition) is 1. The first-order valence-corrected chi connectivity index (χ1v) is 9.65. The maximum absolute atomic E-state index is 13.1. The van der Waals surface area contributed by atoms with E-state index in [-0.39, 0.29) is 24.2 Å². The molecule has 0 aliphatic carbocycles. The van der Waals surface area contributed by atoms with Crippen molar-refractivity contribution in [3.8, 4) is 23.0 Å². The van der Waals surface area contributed by atoms with E-state index in [9.17, 15) is 9.18 Å². The highest BCUT2D eigenvalue weighted by Crippen LogP contribution is 2.23. The third-order valence-corrected chi connectivity index (χ3v) is 5.10. The monoisotopic (exact) mass is 454 g/mol. The van der Waals surface area contributed by atoms with Crippen LogP contribution in [0.4, 0.5) is 4.39 Å². The van der Waals surface area contributed by atoms with Crippen LogP contribution < -0.4 is 5.32 Å². The van der Waals surface area contributed by atoms with Gasteiger partial charge in [0.05, 0.1) is 0 Å². The lowest BCUT2D eigenvalue weighted by Crippen LogP contribution is -2.27. The Morgan fingerprint density at radius 2 is 1.90 bits per heavy atom. The Kier molecular flexibility index (Phi) is 5.53. The minimum absolute atomic E-state index is 0.112. The van der Waals surface area contributed by atoms with Gasteiger partial charge in [-0.25, -0.2) is 4.39 Å². The second-order valence-electron chi connectivity index (χ2n) is 6.32. The van der Waals surface area contributed by atoms with Gasteiger partial charge in [0, 0.05) is 22.8 Å². The van der Waals surface area contributed by atoms with Gasteiger partial charge in [-0.2, -0.15) is 4.98 Å². The van der Waals surface area contributed by atoms with E-state index in [1.165, 1.54) is 12.1 Å². The summed E-state index contributed by atoms with van der Waals surface area (Å²) >= 11 is 3.47. The van der Waals surface area contributed by atoms with Gasteiger partial charge >= 0.3 is 0 Å². The van der Waals surface area contributed by atoms with Gasteiger partial charge in [0.1, 0.15) is 18.1 Å². The summed E-state index contributed by atoms with van der Waals surface area (Å²) in [7, 11) is 0. The normalized spacial score (nSPS) is 10.8. The summed E-state index contributed by atoms with van der Waals surface area (Å²) in [5.41, 5.74) is 2.27. The van der Waals surface area contributed by atoms with Gasteiger partial charge in [0.2, 0.25) is 11.7 Å². The molecule has 4 aromatic rings. The van der Waals surface area contributed by atoms with Gasteiger partial charge in [-0.1, -0.05) is 39.3 Å². The van der Waals surface area contributed by atoms with E-state index in [0.29, 0.717) is 23.6 Å². The molecule has 0 aliphatic rings. The predicted molar refractivity (Wildman–Crippen MR) is 109 cm³/mol. The molecule has 0 saturated carbocycles. The van der Waals surface area contributed by atoms with Crippen molar-refractivity contribution in [2.45, 2.75) is 13.1 Å². The fourth-order valence-electron chi connectivity index (χ4n) is 2.84. The lowest BCUT2D eigenvalue weighted by Gasteiger charge is -2.09. The number of aromatic nitrogens is 3. The fraction of sp³-hybridized carbons (Fsp3) is 0.0952. The molecule has 6 nitrogen and oxygen atoms in total. The quantitative estimate of drug-likeness (QED) is 0.467. The number of rotatable bonds is 6. The molecule has 2 aromatic heterocycles. The molecule has 0 fully saturated rings. The SMILES string of the molecule is O=C(Cn1cccc1-c1nc(-c2ccc(F)cc2)no1)NCc1ccccc1Br. The minimum Gasteiger partial charge on any atom is -0.350 e. The molecule has 29 heavy (non-hydrogen) atoms. The number of nitrogens with zero attached hydrogens (tertiary/aromatic N) is 3. The van der Waals surface area contributed by atoms with E-state index in [2.05, 4.69) is 31.4 Å². The molecule has 0 atom stereocenters. The molecule has 0 radical (unpaired) electrons. The van der Waals surface area contributed by atoms with Crippen molar-refractivity contribution in [2.75, 3.05) is 0 Å². The van der Waals surface area contributed by atoms with Gasteiger partial charge in [0.25, 0.3) is 5.89 Å². The van der Waals surface area contributed by atoms with Crippen LogP contribution in [-0.2, 0) is 17.9 Å². The van der Waals surface area contributed by atoms with Crippen LogP contribution in [0.25, 0.3) is 23.0 Å². The Labute approximate surface area is 174 Å². The molecular formula is C21H16BrFN4O2. The van der Waals surface area contributed by atoms with E-state index in [1.54, 1.807) is 35.0 Å². The largest absolute Gasteiger partial charge is 0.350 e. The molecule has 1 N–H and O–H groups in total. The maximum Gasteiger partial charge on any atom is 0.274 e. The summed E-state index contributed by atoms with van der Waals surface area (Å²) < 4.78 is 21.1. The van der Waals surface area contributed by atoms with Crippen molar-refractivity contribution in [1.82, 2.24) is 20.0 Å². The lowest BCUT2D eigenvalue weighted by atomic mass is 10.2. The van der Waals surface area contributed by atoms with E-state index < -0.39 is 0 Å². The third-order valence-electron chi connectivity index (χ3n) is 4.32. The van der Waals surface area contributed by atoms with Crippen molar-refractivity contribution >= 4 is 21.8 Å². The highest BCUT2D eigenvalue weighted by Gasteiger charge is 2.15. The number of hydrogen-bond acceptors (Lipinski definition) is 4. The number of carbonyl (C=O) groups is 1. The van der Waals surface area contributed by atoms with Crippen LogP contribution in [0, 0.1) is 5.82 Å². The maximum atomic E-state index is 13.1. The molecule has 0 unspecified atom stereocenters. The summed E-state index contributed by atoms with van der Waals surface area (Å²) in [6, 6.07) is 17.2. The number of amides is 1. The fourth-order valence-corrected chi connectivity index (χ4v) is 3.26. The minimum atomic E-state index is -0.333. The van der Waals surface area contributed by atoms with Gasteiger partial charge in [-0.15, -0.1) is 0 Å². The van der Waals surface area contributed by atoms with Crippen molar-refractivity contribution in [3.63, 3.8) is 0 Å². The van der Waals surface area contributed by atoms with E-state index in [4.69, 9.17) is 4.52 Å². The Bertz CT molecular complexity index is 1140. The summed E-state index contributed by atoms with van der Waals surface area (Å²) in [6.45, 7) is 0.535. The number of nitrogens with one attached hydrogen (secondary N) is 1. The average molecular weight is 455 g/mol. The van der Waals surface area contributed by atoms with Crippen molar-refractivity contribution in [1.29, 1.82) is 0 Å². The number of halogens is 2. The molecule has 4 rings (SSSR count).